The number of ether oxygens (including phenoxy) is 2. The third-order valence-corrected chi connectivity index (χ3v) is 5.41. The Hall–Kier alpha value is -1.71. The fourth-order valence-corrected chi connectivity index (χ4v) is 3.52. The molecule has 12 heteroatoms. The first kappa shape index (κ1) is 27.5. The standard InChI is InChI=1S/C21H33NO11/c1-10(7-11-5-3-2-4-6-11)22-20(31)17(29)16(28)19(12(25)8-23)33-21-18(30)15(27)14(26)13(9-24)32-21/h2-6,10,12-19,21,23-30H,7-9H2,1H3,(H,22,31)/t10?,12-,13-,14+,15+,16-,17-,18-,19-,21+/m1/s1. The summed E-state index contributed by atoms with van der Waals surface area (Å²) in [7, 11) is 0. The number of carbonyl (C=O) groups is 1. The van der Waals surface area contributed by atoms with Crippen LogP contribution >= 0.6 is 0 Å². The van der Waals surface area contributed by atoms with Crippen molar-refractivity contribution in [3.8, 4) is 0 Å². The minimum absolute atomic E-state index is 0.422. The second-order valence-corrected chi connectivity index (χ2v) is 8.08. The molecule has 0 saturated carbocycles. The number of nitrogens with one attached hydrogen (secondary N) is 1. The summed E-state index contributed by atoms with van der Waals surface area (Å²) in [4.78, 5) is 12.4. The largest absolute Gasteiger partial charge is 0.394 e. The first-order valence-electron chi connectivity index (χ1n) is 10.6. The minimum Gasteiger partial charge on any atom is -0.394 e. The zero-order valence-corrected chi connectivity index (χ0v) is 18.1. The fraction of sp³-hybridized carbons (Fsp3) is 0.667. The van der Waals surface area contributed by atoms with Crippen molar-refractivity contribution in [2.75, 3.05) is 13.2 Å². The van der Waals surface area contributed by atoms with Gasteiger partial charge in [-0.1, -0.05) is 30.3 Å². The van der Waals surface area contributed by atoms with E-state index in [-0.39, 0.29) is 0 Å². The van der Waals surface area contributed by atoms with Gasteiger partial charge in [-0.3, -0.25) is 4.79 Å². The van der Waals surface area contributed by atoms with Gasteiger partial charge in [0, 0.05) is 6.04 Å². The molecule has 12 nitrogen and oxygen atoms in total. The van der Waals surface area contributed by atoms with E-state index in [1.165, 1.54) is 0 Å². The molecule has 1 saturated heterocycles. The molecule has 1 aliphatic heterocycles. The van der Waals surface area contributed by atoms with E-state index in [1.807, 2.05) is 30.3 Å². The molecule has 2 rings (SSSR count). The topological polar surface area (TPSA) is 209 Å². The van der Waals surface area contributed by atoms with Crippen LogP contribution in [0, 0.1) is 0 Å². The van der Waals surface area contributed by atoms with Gasteiger partial charge in [0.25, 0.3) is 5.91 Å². The van der Waals surface area contributed by atoms with Crippen molar-refractivity contribution in [1.29, 1.82) is 0 Å². The summed E-state index contributed by atoms with van der Waals surface area (Å²) in [5.41, 5.74) is 0.930. The van der Waals surface area contributed by atoms with Crippen LogP contribution in [0.4, 0.5) is 0 Å². The monoisotopic (exact) mass is 475 g/mol. The molecule has 188 valence electrons. The number of carbonyl (C=O) groups excluding carboxylic acids is 1. The van der Waals surface area contributed by atoms with E-state index >= 15 is 0 Å². The van der Waals surface area contributed by atoms with Crippen molar-refractivity contribution >= 4 is 5.91 Å². The Bertz CT molecular complexity index is 721. The van der Waals surface area contributed by atoms with Crippen LogP contribution in [-0.2, 0) is 20.7 Å². The molecule has 1 unspecified atom stereocenters. The number of aliphatic hydroxyl groups is 8. The van der Waals surface area contributed by atoms with Crippen molar-refractivity contribution in [1.82, 2.24) is 5.32 Å². The number of hydrogen-bond donors (Lipinski definition) is 9. The molecular formula is C21H33NO11. The second-order valence-electron chi connectivity index (χ2n) is 8.08. The average molecular weight is 475 g/mol. The highest BCUT2D eigenvalue weighted by Gasteiger charge is 2.47. The summed E-state index contributed by atoms with van der Waals surface area (Å²) in [6.45, 7) is -0.00266. The molecule has 1 aromatic carbocycles. The van der Waals surface area contributed by atoms with Gasteiger partial charge in [-0.15, -0.1) is 0 Å². The highest BCUT2D eigenvalue weighted by atomic mass is 16.7. The summed E-state index contributed by atoms with van der Waals surface area (Å²) < 4.78 is 10.4. The maximum Gasteiger partial charge on any atom is 0.251 e. The molecule has 0 spiro atoms. The highest BCUT2D eigenvalue weighted by molar-refractivity contribution is 5.81. The lowest BCUT2D eigenvalue weighted by Crippen LogP contribution is -2.62. The minimum atomic E-state index is -2.10. The van der Waals surface area contributed by atoms with Gasteiger partial charge in [-0.2, -0.15) is 0 Å². The summed E-state index contributed by atoms with van der Waals surface area (Å²) in [6, 6.07) is 8.80. The van der Waals surface area contributed by atoms with Gasteiger partial charge in [0.2, 0.25) is 0 Å². The quantitative estimate of drug-likeness (QED) is 0.151. The molecule has 1 fully saturated rings. The maximum absolute atomic E-state index is 12.4. The maximum atomic E-state index is 12.4. The zero-order chi connectivity index (χ0) is 24.7. The van der Waals surface area contributed by atoms with Crippen molar-refractivity contribution in [2.24, 2.45) is 0 Å². The van der Waals surface area contributed by atoms with E-state index in [0.717, 1.165) is 5.56 Å². The van der Waals surface area contributed by atoms with Crippen molar-refractivity contribution in [2.45, 2.75) is 74.5 Å². The molecule has 0 radical (unpaired) electrons. The number of benzene rings is 1. The molecule has 1 amide bonds. The van der Waals surface area contributed by atoms with E-state index in [1.54, 1.807) is 6.92 Å². The van der Waals surface area contributed by atoms with Crippen LogP contribution in [-0.4, -0.2) is 121 Å². The Balaban J connectivity index is 2.06. The lowest BCUT2D eigenvalue weighted by atomic mass is 9.98. The Kier molecular flexibility index (Phi) is 10.6. The SMILES string of the molecule is CC(Cc1ccccc1)NC(=O)[C@H](O)[C@@H](O)[C@H](O[C@@H]1O[C@H](CO)[C@H](O)[C@H](O)[C@H]1O)[C@H](O)CO. The molecule has 1 aromatic rings. The molecule has 9 N–H and O–H groups in total. The van der Waals surface area contributed by atoms with Crippen molar-refractivity contribution < 1.29 is 55.1 Å². The van der Waals surface area contributed by atoms with Gasteiger partial charge in [-0.25, -0.2) is 0 Å². The molecule has 1 aliphatic rings. The summed E-state index contributed by atoms with van der Waals surface area (Å²) in [5, 5.41) is 81.8. The van der Waals surface area contributed by atoms with Crippen LogP contribution in [0.2, 0.25) is 0 Å². The van der Waals surface area contributed by atoms with Crippen molar-refractivity contribution in [3.05, 3.63) is 35.9 Å². The first-order chi connectivity index (χ1) is 15.6. The van der Waals surface area contributed by atoms with E-state index < -0.39 is 80.3 Å². The predicted molar refractivity (Wildman–Crippen MR) is 111 cm³/mol. The van der Waals surface area contributed by atoms with E-state index in [0.29, 0.717) is 6.42 Å². The fourth-order valence-electron chi connectivity index (χ4n) is 3.52. The number of aliphatic hydroxyl groups excluding tert-OH is 8. The van der Waals surface area contributed by atoms with E-state index in [9.17, 15) is 45.6 Å². The average Bonchev–Trinajstić information content (AvgIpc) is 2.81. The normalized spacial score (nSPS) is 30.2. The first-order valence-corrected chi connectivity index (χ1v) is 10.6. The Morgan fingerprint density at radius 3 is 2.27 bits per heavy atom. The molecule has 1 heterocycles. The Morgan fingerprint density at radius 2 is 1.70 bits per heavy atom. The van der Waals surface area contributed by atoms with E-state index in [2.05, 4.69) is 5.32 Å². The molecular weight excluding hydrogens is 442 g/mol. The summed E-state index contributed by atoms with van der Waals surface area (Å²) in [5.74, 6) is -0.974. The lowest BCUT2D eigenvalue weighted by Gasteiger charge is -2.42. The molecule has 0 aromatic heterocycles. The number of amides is 1. The molecule has 0 aliphatic carbocycles. The lowest BCUT2D eigenvalue weighted by molar-refractivity contribution is -0.326. The Labute approximate surface area is 190 Å². The van der Waals surface area contributed by atoms with Crippen LogP contribution < -0.4 is 5.32 Å². The third-order valence-electron chi connectivity index (χ3n) is 5.41. The van der Waals surface area contributed by atoms with Crippen molar-refractivity contribution in [3.63, 3.8) is 0 Å². The molecule has 33 heavy (non-hydrogen) atoms. The number of hydrogen-bond acceptors (Lipinski definition) is 11. The highest BCUT2D eigenvalue weighted by Crippen LogP contribution is 2.25. The van der Waals surface area contributed by atoms with Gasteiger partial charge in [0.05, 0.1) is 13.2 Å². The van der Waals surface area contributed by atoms with Gasteiger partial charge in [0.1, 0.15) is 42.7 Å². The van der Waals surface area contributed by atoms with Crippen LogP contribution in [0.1, 0.15) is 12.5 Å². The van der Waals surface area contributed by atoms with Gasteiger partial charge in [-0.05, 0) is 18.9 Å². The van der Waals surface area contributed by atoms with Gasteiger partial charge >= 0.3 is 0 Å². The zero-order valence-electron chi connectivity index (χ0n) is 18.1. The smallest absolute Gasteiger partial charge is 0.251 e. The van der Waals surface area contributed by atoms with Crippen LogP contribution in [0.5, 0.6) is 0 Å². The predicted octanol–water partition coefficient (Wildman–Crippen LogP) is -4.01. The summed E-state index contributed by atoms with van der Waals surface area (Å²) in [6.07, 6.45) is -15.8. The van der Waals surface area contributed by atoms with Crippen LogP contribution in [0.15, 0.2) is 30.3 Å². The van der Waals surface area contributed by atoms with E-state index in [4.69, 9.17) is 9.47 Å². The van der Waals surface area contributed by atoms with Gasteiger partial charge in [0.15, 0.2) is 12.4 Å². The third kappa shape index (κ3) is 7.13. The summed E-state index contributed by atoms with van der Waals surface area (Å²) >= 11 is 0. The molecule has 0 bridgehead atoms. The van der Waals surface area contributed by atoms with Gasteiger partial charge < -0.3 is 55.6 Å². The number of rotatable bonds is 11. The van der Waals surface area contributed by atoms with Crippen LogP contribution in [0.3, 0.4) is 0 Å². The second kappa shape index (κ2) is 12.7. The van der Waals surface area contributed by atoms with Crippen LogP contribution in [0.25, 0.3) is 0 Å². The Morgan fingerprint density at radius 1 is 1.06 bits per heavy atom. The molecule has 10 atom stereocenters.